The molecule has 0 unspecified atom stereocenters. The Labute approximate surface area is 91.9 Å². The molecule has 0 radical (unpaired) electrons. The van der Waals surface area contributed by atoms with E-state index in [1.54, 1.807) is 0 Å². The lowest BCUT2D eigenvalue weighted by Crippen LogP contribution is -2.37. The van der Waals surface area contributed by atoms with Gasteiger partial charge in [0.15, 0.2) is 0 Å². The van der Waals surface area contributed by atoms with Gasteiger partial charge in [0.2, 0.25) is 5.91 Å². The molecule has 88 valence electrons. The number of rotatable bonds is 3. The van der Waals surface area contributed by atoms with Gasteiger partial charge in [-0.2, -0.15) is 0 Å². The second-order valence-electron chi connectivity index (χ2n) is 3.42. The summed E-state index contributed by atoms with van der Waals surface area (Å²) in [5.41, 5.74) is 0. The first-order chi connectivity index (χ1) is 7.41. The minimum atomic E-state index is -0.818. The van der Waals surface area contributed by atoms with E-state index in [1.165, 1.54) is 14.0 Å². The third-order valence-corrected chi connectivity index (χ3v) is 2.10. The van der Waals surface area contributed by atoms with Gasteiger partial charge in [-0.05, 0) is 0 Å². The Hall–Kier alpha value is -1.92. The van der Waals surface area contributed by atoms with Gasteiger partial charge in [-0.1, -0.05) is 0 Å². The average molecular weight is 228 g/mol. The van der Waals surface area contributed by atoms with Crippen LogP contribution < -0.4 is 0 Å². The lowest BCUT2D eigenvalue weighted by atomic mass is 10.4. The second-order valence-corrected chi connectivity index (χ2v) is 3.42. The Morgan fingerprint density at radius 1 is 1.31 bits per heavy atom. The summed E-state index contributed by atoms with van der Waals surface area (Å²) in [5.74, 6) is -2.20. The van der Waals surface area contributed by atoms with Crippen LogP contribution in [0.3, 0.4) is 0 Å². The van der Waals surface area contributed by atoms with Crippen molar-refractivity contribution in [3.8, 4) is 0 Å². The first-order valence-corrected chi connectivity index (χ1v) is 4.70. The highest BCUT2D eigenvalue weighted by atomic mass is 16.7. The van der Waals surface area contributed by atoms with Gasteiger partial charge >= 0.3 is 5.97 Å². The number of imide groups is 1. The van der Waals surface area contributed by atoms with Crippen LogP contribution in [-0.4, -0.2) is 47.2 Å². The van der Waals surface area contributed by atoms with Crippen LogP contribution >= 0.6 is 0 Å². The number of nitrogens with zero attached hydrogens (tertiary/aromatic N) is 2. The van der Waals surface area contributed by atoms with Gasteiger partial charge in [0.25, 0.3) is 11.8 Å². The molecule has 16 heavy (non-hydrogen) atoms. The summed E-state index contributed by atoms with van der Waals surface area (Å²) in [6, 6.07) is 0. The number of carbonyl (C=O) groups is 4. The van der Waals surface area contributed by atoms with Gasteiger partial charge in [0.1, 0.15) is 6.54 Å². The molecule has 7 heteroatoms. The van der Waals surface area contributed by atoms with Crippen molar-refractivity contribution in [3.05, 3.63) is 0 Å². The van der Waals surface area contributed by atoms with E-state index in [0.29, 0.717) is 5.06 Å². The van der Waals surface area contributed by atoms with Gasteiger partial charge in [0, 0.05) is 26.8 Å². The van der Waals surface area contributed by atoms with Crippen LogP contribution in [0.2, 0.25) is 0 Å². The number of hydrogen-bond acceptors (Lipinski definition) is 5. The predicted molar refractivity (Wildman–Crippen MR) is 50.5 cm³/mol. The van der Waals surface area contributed by atoms with Crippen molar-refractivity contribution in [1.82, 2.24) is 9.96 Å². The van der Waals surface area contributed by atoms with Crippen LogP contribution in [0.25, 0.3) is 0 Å². The highest BCUT2D eigenvalue weighted by molar-refractivity contribution is 6.01. The number of hydroxylamine groups is 2. The van der Waals surface area contributed by atoms with Crippen LogP contribution in [0.5, 0.6) is 0 Å². The molecule has 1 fully saturated rings. The average Bonchev–Trinajstić information content (AvgIpc) is 2.49. The third-order valence-electron chi connectivity index (χ3n) is 2.10. The molecule has 0 bridgehead atoms. The number of likely N-dealkylation sites (N-methyl/N-ethyl adjacent to an activating group) is 1. The van der Waals surface area contributed by atoms with Gasteiger partial charge in [-0.25, -0.2) is 4.79 Å². The van der Waals surface area contributed by atoms with Crippen molar-refractivity contribution < 1.29 is 24.0 Å². The SMILES string of the molecule is CC(=O)N(C)CC(=O)ON1C(=O)CCC1=O. The standard InChI is InChI=1S/C9H12N2O5/c1-6(12)10(2)5-9(15)16-11-7(13)3-4-8(11)14/h3-5H2,1-2H3. The third kappa shape index (κ3) is 2.78. The van der Waals surface area contributed by atoms with Crippen LogP contribution in [-0.2, 0) is 24.0 Å². The van der Waals surface area contributed by atoms with E-state index in [2.05, 4.69) is 4.84 Å². The van der Waals surface area contributed by atoms with E-state index in [4.69, 9.17) is 0 Å². The molecule has 1 saturated heterocycles. The van der Waals surface area contributed by atoms with Gasteiger partial charge in [0.05, 0.1) is 0 Å². The minimum Gasteiger partial charge on any atom is -0.335 e. The van der Waals surface area contributed by atoms with Crippen LogP contribution in [0.4, 0.5) is 0 Å². The molecule has 7 nitrogen and oxygen atoms in total. The zero-order chi connectivity index (χ0) is 12.3. The molecule has 0 saturated carbocycles. The molecule has 3 amide bonds. The molecule has 0 aliphatic carbocycles. The Morgan fingerprint density at radius 3 is 2.25 bits per heavy atom. The second kappa shape index (κ2) is 4.73. The molecular weight excluding hydrogens is 216 g/mol. The van der Waals surface area contributed by atoms with E-state index in [1.807, 2.05) is 0 Å². The fourth-order valence-corrected chi connectivity index (χ4v) is 1.09. The topological polar surface area (TPSA) is 84.0 Å². The van der Waals surface area contributed by atoms with E-state index >= 15 is 0 Å². The fourth-order valence-electron chi connectivity index (χ4n) is 1.09. The fraction of sp³-hybridized carbons (Fsp3) is 0.556. The molecular formula is C9H12N2O5. The summed E-state index contributed by atoms with van der Waals surface area (Å²) in [7, 11) is 1.41. The number of carbonyl (C=O) groups excluding carboxylic acids is 4. The maximum Gasteiger partial charge on any atom is 0.352 e. The summed E-state index contributed by atoms with van der Waals surface area (Å²) in [6.07, 6.45) is 0.101. The lowest BCUT2D eigenvalue weighted by Gasteiger charge is -2.16. The molecule has 0 atom stereocenters. The highest BCUT2D eigenvalue weighted by Gasteiger charge is 2.33. The molecule has 1 heterocycles. The maximum absolute atomic E-state index is 11.2. The predicted octanol–water partition coefficient (Wildman–Crippen LogP) is -0.928. The molecule has 1 aliphatic rings. The first-order valence-electron chi connectivity index (χ1n) is 4.70. The molecule has 0 spiro atoms. The molecule has 1 aliphatic heterocycles. The summed E-state index contributed by atoms with van der Waals surface area (Å²) < 4.78 is 0. The Balaban J connectivity index is 2.48. The van der Waals surface area contributed by atoms with Gasteiger partial charge in [-0.3, -0.25) is 14.4 Å². The summed E-state index contributed by atoms with van der Waals surface area (Å²) in [6.45, 7) is 0.992. The number of amides is 3. The molecule has 0 aromatic carbocycles. The summed E-state index contributed by atoms with van der Waals surface area (Å²) >= 11 is 0. The summed E-state index contributed by atoms with van der Waals surface area (Å²) in [5, 5.41) is 0.455. The van der Waals surface area contributed by atoms with Crippen molar-refractivity contribution in [3.63, 3.8) is 0 Å². The van der Waals surface area contributed by atoms with Gasteiger partial charge in [-0.15, -0.1) is 5.06 Å². The van der Waals surface area contributed by atoms with Crippen molar-refractivity contribution in [2.24, 2.45) is 0 Å². The lowest BCUT2D eigenvalue weighted by molar-refractivity contribution is -0.198. The Kier molecular flexibility index (Phi) is 3.60. The normalized spacial score (nSPS) is 15.2. The van der Waals surface area contributed by atoms with Crippen LogP contribution in [0, 0.1) is 0 Å². The molecule has 0 N–H and O–H groups in total. The number of hydrogen-bond donors (Lipinski definition) is 0. The van der Waals surface area contributed by atoms with Crippen molar-refractivity contribution >= 4 is 23.7 Å². The molecule has 0 aromatic rings. The van der Waals surface area contributed by atoms with Crippen molar-refractivity contribution in [1.29, 1.82) is 0 Å². The quantitative estimate of drug-likeness (QED) is 0.583. The Bertz CT molecular complexity index is 336. The van der Waals surface area contributed by atoms with Crippen molar-refractivity contribution in [2.45, 2.75) is 19.8 Å². The van der Waals surface area contributed by atoms with Gasteiger partial charge < -0.3 is 9.74 Å². The molecule has 1 rings (SSSR count). The zero-order valence-corrected chi connectivity index (χ0v) is 9.06. The smallest absolute Gasteiger partial charge is 0.335 e. The van der Waals surface area contributed by atoms with E-state index in [9.17, 15) is 19.2 Å². The van der Waals surface area contributed by atoms with E-state index < -0.39 is 17.8 Å². The van der Waals surface area contributed by atoms with E-state index in [0.717, 1.165) is 4.90 Å². The van der Waals surface area contributed by atoms with Crippen LogP contribution in [0.15, 0.2) is 0 Å². The molecule has 0 aromatic heterocycles. The Morgan fingerprint density at radius 2 is 1.81 bits per heavy atom. The highest BCUT2D eigenvalue weighted by Crippen LogP contribution is 2.12. The first kappa shape index (κ1) is 12.2. The summed E-state index contributed by atoms with van der Waals surface area (Å²) in [4.78, 5) is 49.9. The van der Waals surface area contributed by atoms with E-state index in [-0.39, 0.29) is 25.3 Å². The zero-order valence-electron chi connectivity index (χ0n) is 9.06. The largest absolute Gasteiger partial charge is 0.352 e. The maximum atomic E-state index is 11.2. The monoisotopic (exact) mass is 228 g/mol. The minimum absolute atomic E-state index is 0.0503. The van der Waals surface area contributed by atoms with Crippen LogP contribution in [0.1, 0.15) is 19.8 Å². The van der Waals surface area contributed by atoms with Crippen molar-refractivity contribution in [2.75, 3.05) is 13.6 Å².